The van der Waals surface area contributed by atoms with E-state index in [0.29, 0.717) is 71.4 Å². The number of aliphatic hydroxyl groups is 1. The third-order valence-corrected chi connectivity index (χ3v) is 23.1. The zero-order chi connectivity index (χ0) is 101. The van der Waals surface area contributed by atoms with Gasteiger partial charge in [0.2, 0.25) is 11.9 Å². The number of benzene rings is 13. The molecular formula is C104H73N31O9S. The van der Waals surface area contributed by atoms with Crippen LogP contribution in [-0.2, 0) is 12.0 Å². The molecule has 0 radical (unpaired) electrons. The Bertz CT molecular complexity index is 8800. The number of phenols is 4. The van der Waals surface area contributed by atoms with Gasteiger partial charge in [-0.2, -0.15) is 25.3 Å². The van der Waals surface area contributed by atoms with Crippen molar-refractivity contribution < 1.29 is 44.7 Å². The van der Waals surface area contributed by atoms with Crippen LogP contribution < -0.4 is 21.7 Å². The number of fused-ring (bicyclic) bond motifs is 6. The molecule has 0 aliphatic heterocycles. The first-order valence-electron chi connectivity index (χ1n) is 43.8. The van der Waals surface area contributed by atoms with Crippen LogP contribution in [0.15, 0.2) is 358 Å². The molecular weight excluding hydrogens is 1860 g/mol. The number of rotatable bonds is 20. The van der Waals surface area contributed by atoms with Crippen molar-refractivity contribution in [1.29, 1.82) is 10.5 Å². The van der Waals surface area contributed by atoms with E-state index in [2.05, 4.69) is 143 Å². The van der Waals surface area contributed by atoms with Crippen molar-refractivity contribution in [2.45, 2.75) is 32.8 Å². The molecule has 8 heterocycles. The Labute approximate surface area is 823 Å². The molecule has 10 N–H and O–H groups in total. The van der Waals surface area contributed by atoms with Crippen LogP contribution in [0.5, 0.6) is 23.0 Å². The third-order valence-electron chi connectivity index (χ3n) is 22.1. The van der Waals surface area contributed by atoms with Gasteiger partial charge in [0.05, 0.1) is 62.9 Å². The lowest BCUT2D eigenvalue weighted by atomic mass is 9.87. The van der Waals surface area contributed by atoms with E-state index in [1.165, 1.54) is 51.6 Å². The maximum absolute atomic E-state index is 13.3. The average Bonchev–Trinajstić information content (AvgIpc) is 1.74. The van der Waals surface area contributed by atoms with Gasteiger partial charge in [-0.05, 0) is 141 Å². The number of nitrogens with two attached hydrogens (primary N) is 1. The number of anilines is 3. The fraction of sp³-hybridized carbons (Fsp3) is 0.0481. The lowest BCUT2D eigenvalue weighted by Gasteiger charge is -2.19. The number of aromatic hydroxyl groups is 4. The number of hydrogen-bond donors (Lipinski definition) is 9. The van der Waals surface area contributed by atoms with Gasteiger partial charge in [-0.15, -0.1) is 51.1 Å². The summed E-state index contributed by atoms with van der Waals surface area (Å²) >= 11 is 1.46. The summed E-state index contributed by atoms with van der Waals surface area (Å²) in [6.07, 6.45) is 12.1. The SMILES string of the molecule is N#Cc1nc(N=Nc2c(O)c(C(N)=O)cc3ccccc23)n(-c2ncccn2)c1C#N.O=C(Nc1ccc(CO)cc1)c1cc2ccccc2c(N=Nc2nncn2-c2nc3ccccc3s2)c1O.O=C(Nc1ccccc1)c1cc2ccccc2c(N=Nc2nc3ccccc3n2-c2ncccn2)c1O.[C-]#[N+]c1cnn(-c2ncccn2)c1N=Nc1c(O)c(C(=O)Nc2ccc(C(C)(C)C)cc2)cc2ccccc12. The van der Waals surface area contributed by atoms with E-state index in [1.807, 2.05) is 158 Å². The van der Waals surface area contributed by atoms with Crippen LogP contribution in [0.1, 0.15) is 84.7 Å². The number of aromatic nitrogens is 16. The first kappa shape index (κ1) is 94.3. The number of nitrogens with zero attached hydrogens (tertiary/aromatic N) is 27. The highest BCUT2D eigenvalue weighted by Crippen LogP contribution is 2.46. The normalized spacial score (nSPS) is 11.3. The van der Waals surface area contributed by atoms with Crippen LogP contribution in [0.2, 0.25) is 0 Å². The number of thiazole rings is 1. The summed E-state index contributed by atoms with van der Waals surface area (Å²) in [6.45, 7) is 13.7. The minimum absolute atomic E-state index is 0.0197. The molecule has 0 saturated carbocycles. The van der Waals surface area contributed by atoms with Crippen LogP contribution in [0.4, 0.5) is 69.2 Å². The lowest BCUT2D eigenvalue weighted by molar-refractivity contribution is 0.0993. The molecule has 0 fully saturated rings. The lowest BCUT2D eigenvalue weighted by Crippen LogP contribution is -2.14. The predicted octanol–water partition coefficient (Wildman–Crippen LogP) is 22.1. The van der Waals surface area contributed by atoms with Gasteiger partial charge in [-0.3, -0.25) is 19.2 Å². The molecule has 41 heteroatoms. The van der Waals surface area contributed by atoms with Gasteiger partial charge in [0.25, 0.3) is 53.1 Å². The maximum Gasteiger partial charge on any atom is 0.276 e. The first-order chi connectivity index (χ1) is 70.6. The molecule has 0 atom stereocenters. The van der Waals surface area contributed by atoms with Crippen LogP contribution in [0.25, 0.3) is 92.2 Å². The summed E-state index contributed by atoms with van der Waals surface area (Å²) in [7, 11) is 0. The summed E-state index contributed by atoms with van der Waals surface area (Å²) in [5.41, 5.74) is 11.4. The van der Waals surface area contributed by atoms with Crippen molar-refractivity contribution >= 4 is 168 Å². The standard InChI is InChI=1S/C29H24N8O2.C28H19N7O2.C27H19N7O3S.C20H11N9O2/c1-29(2,3)19-10-12-20(13-11-19)34-27(39)22-16-18-8-5-6-9-21(18)24(25(22)38)35-36-26-23(30-4)17-33-37(26)28-31-14-7-15-32-28;36-25-21(26(37)31-19-10-2-1-3-11-19)17-18-9-4-5-12-20(18)24(25)33-34-28-32-22-13-6-7-14-23(22)35(28)27-29-15-8-16-30-27;35-14-16-9-11-18(12-10-16)29-25(37)20-13-17-5-1-2-6-19(17)23(24(20)36)31-33-26-32-28-15-34(26)27-30-21-7-3-4-8-22(21)38-27;21-9-14-15(10-22)29(19-24-6-3-7-25-19)20(26-14)28-27-16-12-5-2-1-4-11(12)8-13(17(16)30)18(23)31/h5-17,38H,1-3H3,(H,34,39);1-17,36H,(H,31,37);1-13,15,35-36H,14H2,(H,29,37);1-8,30H,(H2,23,31). The molecule has 4 amide bonds. The molecule has 0 spiro atoms. The van der Waals surface area contributed by atoms with E-state index in [9.17, 15) is 55.2 Å². The smallest absolute Gasteiger partial charge is 0.276 e. The van der Waals surface area contributed by atoms with E-state index in [0.717, 1.165) is 32.2 Å². The minimum atomic E-state index is -0.836. The number of azo groups is 4. The van der Waals surface area contributed by atoms with Crippen molar-refractivity contribution in [3.8, 4) is 58.1 Å². The van der Waals surface area contributed by atoms with Gasteiger partial charge >= 0.3 is 0 Å². The molecule has 0 aliphatic rings. The number of amides is 4. The number of primary amides is 1. The highest BCUT2D eigenvalue weighted by molar-refractivity contribution is 7.20. The molecule has 8 aromatic heterocycles. The van der Waals surface area contributed by atoms with Crippen molar-refractivity contribution in [3.63, 3.8) is 0 Å². The Morgan fingerprint density at radius 3 is 1.35 bits per heavy atom. The Kier molecular flexibility index (Phi) is 27.3. The molecule has 40 nitrogen and oxygen atoms in total. The predicted molar refractivity (Wildman–Crippen MR) is 541 cm³/mol. The van der Waals surface area contributed by atoms with Gasteiger partial charge in [-0.25, -0.2) is 58.4 Å². The number of nitrogens with one attached hydrogen (secondary N) is 3. The monoisotopic (exact) mass is 1930 g/mol. The molecule has 0 saturated heterocycles. The zero-order valence-electron chi connectivity index (χ0n) is 76.2. The Hall–Kier alpha value is -21.0. The number of imidazole rings is 2. The van der Waals surface area contributed by atoms with Crippen LogP contribution in [0.3, 0.4) is 0 Å². The quantitative estimate of drug-likeness (QED) is 0.0253. The Morgan fingerprint density at radius 2 is 0.876 bits per heavy atom. The van der Waals surface area contributed by atoms with Crippen LogP contribution in [0, 0.1) is 29.2 Å². The van der Waals surface area contributed by atoms with Gasteiger partial charge in [0, 0.05) is 75.8 Å². The third kappa shape index (κ3) is 20.3. The average molecular weight is 1930 g/mol. The number of hydrogen-bond acceptors (Lipinski definition) is 32. The first-order valence-corrected chi connectivity index (χ1v) is 44.6. The highest BCUT2D eigenvalue weighted by atomic mass is 32.1. The number of para-hydroxylation sites is 4. The molecule has 21 aromatic rings. The summed E-state index contributed by atoms with van der Waals surface area (Å²) in [6, 6.07) is 82.3. The van der Waals surface area contributed by atoms with Gasteiger partial charge < -0.3 is 47.2 Å². The number of carbonyl (C=O) groups excluding carboxylic acids is 4. The summed E-state index contributed by atoms with van der Waals surface area (Å²) in [5.74, 6) is -2.72. The molecule has 0 bridgehead atoms. The highest BCUT2D eigenvalue weighted by Gasteiger charge is 2.28. The molecule has 0 aliphatic carbocycles. The van der Waals surface area contributed by atoms with Crippen molar-refractivity contribution in [3.05, 3.63) is 373 Å². The minimum Gasteiger partial charge on any atom is -0.505 e. The molecule has 145 heavy (non-hydrogen) atoms. The van der Waals surface area contributed by atoms with E-state index in [1.54, 1.807) is 149 Å². The second kappa shape index (κ2) is 41.9. The summed E-state index contributed by atoms with van der Waals surface area (Å²) in [4.78, 5) is 93.0. The second-order valence-corrected chi connectivity index (χ2v) is 33.3. The fourth-order valence-electron chi connectivity index (χ4n) is 15.0. The van der Waals surface area contributed by atoms with E-state index in [4.69, 9.17) is 12.3 Å². The molecule has 21 rings (SSSR count). The van der Waals surface area contributed by atoms with E-state index in [-0.39, 0.29) is 127 Å². The fourth-order valence-corrected chi connectivity index (χ4v) is 15.9. The zero-order valence-corrected chi connectivity index (χ0v) is 77.0. The number of phenolic OH excluding ortho intramolecular Hbond substituents is 3. The topological polar surface area (TPSA) is 557 Å². The Morgan fingerprint density at radius 1 is 0.455 bits per heavy atom. The van der Waals surface area contributed by atoms with Crippen molar-refractivity contribution in [2.24, 2.45) is 46.6 Å². The number of carbonyl (C=O) groups is 4. The van der Waals surface area contributed by atoms with Crippen molar-refractivity contribution in [1.82, 2.24) is 78.5 Å². The van der Waals surface area contributed by atoms with Crippen molar-refractivity contribution in [2.75, 3.05) is 16.0 Å². The maximum atomic E-state index is 13.3. The van der Waals surface area contributed by atoms with E-state index >= 15 is 0 Å². The van der Waals surface area contributed by atoms with Crippen LogP contribution in [-0.4, -0.2) is 128 Å². The summed E-state index contributed by atoms with van der Waals surface area (Å²) < 4.78 is 6.75. The largest absolute Gasteiger partial charge is 0.505 e. The van der Waals surface area contributed by atoms with Crippen LogP contribution >= 0.6 is 11.3 Å². The molecule has 0 unspecified atom stereocenters. The van der Waals surface area contributed by atoms with Gasteiger partial charge in [0.15, 0.2) is 45.3 Å². The Balaban J connectivity index is 0.000000127. The van der Waals surface area contributed by atoms with Gasteiger partial charge in [0.1, 0.15) is 41.2 Å². The number of nitriles is 2. The second-order valence-electron chi connectivity index (χ2n) is 32.3. The summed E-state index contributed by atoms with van der Waals surface area (Å²) in [5, 5.41) is 132. The van der Waals surface area contributed by atoms with E-state index < -0.39 is 29.4 Å². The molecule has 13 aromatic carbocycles. The van der Waals surface area contributed by atoms with Gasteiger partial charge in [-0.1, -0.05) is 196 Å². The molecule has 704 valence electrons. The number of aliphatic hydroxyl groups excluding tert-OH is 1.